The van der Waals surface area contributed by atoms with Gasteiger partial charge in [-0.05, 0) is 43.4 Å². The number of urea groups is 1. The number of hydrogen-bond donors (Lipinski definition) is 2. The first kappa shape index (κ1) is 20.5. The highest BCUT2D eigenvalue weighted by Crippen LogP contribution is 2.28. The third-order valence-electron chi connectivity index (χ3n) is 5.15. The van der Waals surface area contributed by atoms with E-state index in [0.29, 0.717) is 12.1 Å². The standard InChI is InChI=1S/C22H23F2N3O2/c1-4-27(22(29)26-13(2)15-8-6-5-7-9-15)14(3)17-12-25-21(28)19-16(17)10-11-18(23)20(19)24/h5-14H,4H2,1-3H3,(H,25,28)(H,26,29)/t13-,14-/m1/s1. The average molecular weight is 399 g/mol. The number of carbonyl (C=O) groups is 1. The van der Waals surface area contributed by atoms with Gasteiger partial charge in [-0.25, -0.2) is 13.6 Å². The molecule has 0 saturated heterocycles. The fraction of sp³-hybridized carbons (Fsp3) is 0.273. The largest absolute Gasteiger partial charge is 0.331 e. The molecule has 3 aromatic rings. The SMILES string of the molecule is CCN(C(=O)N[C@H](C)c1ccccc1)[C@H](C)c1c[nH]c(=O)c2c(F)c(F)ccc12. The molecule has 0 spiro atoms. The van der Waals surface area contributed by atoms with Crippen molar-refractivity contribution in [2.45, 2.75) is 32.9 Å². The van der Waals surface area contributed by atoms with Crippen LogP contribution in [0.3, 0.4) is 0 Å². The number of nitrogens with zero attached hydrogens (tertiary/aromatic N) is 1. The van der Waals surface area contributed by atoms with Gasteiger partial charge in [0.1, 0.15) is 0 Å². The van der Waals surface area contributed by atoms with Crippen LogP contribution in [0.1, 0.15) is 44.0 Å². The molecule has 1 heterocycles. The Hall–Kier alpha value is -3.22. The highest BCUT2D eigenvalue weighted by Gasteiger charge is 2.24. The van der Waals surface area contributed by atoms with Crippen LogP contribution in [-0.2, 0) is 0 Å². The summed E-state index contributed by atoms with van der Waals surface area (Å²) in [5.74, 6) is -2.28. The molecule has 0 aliphatic heterocycles. The minimum Gasteiger partial charge on any atom is -0.331 e. The van der Waals surface area contributed by atoms with Gasteiger partial charge < -0.3 is 15.2 Å². The number of halogens is 2. The van der Waals surface area contributed by atoms with Gasteiger partial charge in [-0.1, -0.05) is 36.4 Å². The second kappa shape index (κ2) is 8.43. The van der Waals surface area contributed by atoms with Crippen LogP contribution in [-0.4, -0.2) is 22.5 Å². The van der Waals surface area contributed by atoms with Crippen LogP contribution in [0.5, 0.6) is 0 Å². The van der Waals surface area contributed by atoms with Gasteiger partial charge in [-0.3, -0.25) is 4.79 Å². The van der Waals surface area contributed by atoms with Crippen molar-refractivity contribution in [1.29, 1.82) is 0 Å². The van der Waals surface area contributed by atoms with Crippen LogP contribution in [0.2, 0.25) is 0 Å². The van der Waals surface area contributed by atoms with Crippen molar-refractivity contribution < 1.29 is 13.6 Å². The Morgan fingerprint density at radius 1 is 1.14 bits per heavy atom. The number of carbonyl (C=O) groups excluding carboxylic acids is 1. The summed E-state index contributed by atoms with van der Waals surface area (Å²) in [6, 6.07) is 10.9. The number of fused-ring (bicyclic) bond motifs is 1. The Morgan fingerprint density at radius 2 is 1.83 bits per heavy atom. The van der Waals surface area contributed by atoms with Crippen molar-refractivity contribution in [2.75, 3.05) is 6.54 Å². The molecular weight excluding hydrogens is 376 g/mol. The Bertz CT molecular complexity index is 1080. The van der Waals surface area contributed by atoms with Crippen LogP contribution in [0.15, 0.2) is 53.5 Å². The summed E-state index contributed by atoms with van der Waals surface area (Å²) in [5.41, 5.74) is 0.789. The predicted octanol–water partition coefficient (Wildman–Crippen LogP) is 4.66. The van der Waals surface area contributed by atoms with Crippen LogP contribution in [0.4, 0.5) is 13.6 Å². The van der Waals surface area contributed by atoms with Crippen molar-refractivity contribution >= 4 is 16.8 Å². The lowest BCUT2D eigenvalue weighted by atomic mass is 10.0. The molecule has 2 N–H and O–H groups in total. The first-order valence-electron chi connectivity index (χ1n) is 9.46. The van der Waals surface area contributed by atoms with E-state index in [9.17, 15) is 18.4 Å². The molecule has 0 aliphatic rings. The minimum absolute atomic E-state index is 0.205. The van der Waals surface area contributed by atoms with Crippen molar-refractivity contribution in [2.24, 2.45) is 0 Å². The predicted molar refractivity (Wildman–Crippen MR) is 109 cm³/mol. The maximum Gasteiger partial charge on any atom is 0.318 e. The Labute approximate surface area is 167 Å². The van der Waals surface area contributed by atoms with Crippen molar-refractivity contribution in [3.63, 3.8) is 0 Å². The zero-order valence-corrected chi connectivity index (χ0v) is 16.5. The molecule has 2 atom stereocenters. The van der Waals surface area contributed by atoms with Crippen molar-refractivity contribution in [3.05, 3.63) is 81.8 Å². The molecule has 5 nitrogen and oxygen atoms in total. The van der Waals surface area contributed by atoms with E-state index in [1.807, 2.05) is 44.2 Å². The number of hydrogen-bond acceptors (Lipinski definition) is 2. The fourth-order valence-electron chi connectivity index (χ4n) is 3.51. The normalized spacial score (nSPS) is 13.1. The maximum absolute atomic E-state index is 14.2. The summed E-state index contributed by atoms with van der Waals surface area (Å²) < 4.78 is 27.8. The van der Waals surface area contributed by atoms with Gasteiger partial charge in [-0.15, -0.1) is 0 Å². The first-order valence-corrected chi connectivity index (χ1v) is 9.46. The molecule has 1 aromatic heterocycles. The van der Waals surface area contributed by atoms with E-state index in [1.54, 1.807) is 11.8 Å². The number of aromatic amines is 1. The molecular formula is C22H23F2N3O2. The third-order valence-corrected chi connectivity index (χ3v) is 5.15. The fourth-order valence-corrected chi connectivity index (χ4v) is 3.51. The molecule has 2 amide bonds. The number of pyridine rings is 1. The van der Waals surface area contributed by atoms with E-state index in [0.717, 1.165) is 11.6 Å². The quantitative estimate of drug-likeness (QED) is 0.655. The molecule has 152 valence electrons. The number of nitrogens with one attached hydrogen (secondary N) is 2. The minimum atomic E-state index is -1.19. The summed E-state index contributed by atoms with van der Waals surface area (Å²) in [6.07, 6.45) is 1.45. The molecule has 0 fully saturated rings. The topological polar surface area (TPSA) is 65.2 Å². The molecule has 7 heteroatoms. The zero-order valence-electron chi connectivity index (χ0n) is 16.5. The molecule has 0 saturated carbocycles. The lowest BCUT2D eigenvalue weighted by Crippen LogP contribution is -2.42. The van der Waals surface area contributed by atoms with Gasteiger partial charge in [-0.2, -0.15) is 0 Å². The molecule has 3 rings (SSSR count). The summed E-state index contributed by atoms with van der Waals surface area (Å²) in [4.78, 5) is 29.0. The Morgan fingerprint density at radius 3 is 2.48 bits per heavy atom. The smallest absolute Gasteiger partial charge is 0.318 e. The second-order valence-electron chi connectivity index (χ2n) is 6.90. The maximum atomic E-state index is 14.2. The van der Waals surface area contributed by atoms with Crippen molar-refractivity contribution in [1.82, 2.24) is 15.2 Å². The lowest BCUT2D eigenvalue weighted by Gasteiger charge is -2.30. The molecule has 0 unspecified atom stereocenters. The Kier molecular flexibility index (Phi) is 5.96. The van der Waals surface area contributed by atoms with Gasteiger partial charge in [0.15, 0.2) is 11.6 Å². The highest BCUT2D eigenvalue weighted by atomic mass is 19.2. The van der Waals surface area contributed by atoms with Crippen LogP contribution in [0, 0.1) is 11.6 Å². The van der Waals surface area contributed by atoms with Crippen LogP contribution >= 0.6 is 0 Å². The van der Waals surface area contributed by atoms with E-state index >= 15 is 0 Å². The third kappa shape index (κ3) is 3.99. The van der Waals surface area contributed by atoms with Crippen LogP contribution < -0.4 is 10.9 Å². The number of rotatable bonds is 5. The van der Waals surface area contributed by atoms with E-state index < -0.39 is 23.2 Å². The molecule has 29 heavy (non-hydrogen) atoms. The number of benzene rings is 2. The lowest BCUT2D eigenvalue weighted by molar-refractivity contribution is 0.180. The molecule has 2 aromatic carbocycles. The van der Waals surface area contributed by atoms with Gasteiger partial charge in [0, 0.05) is 12.7 Å². The monoisotopic (exact) mass is 399 g/mol. The zero-order chi connectivity index (χ0) is 21.1. The van der Waals surface area contributed by atoms with E-state index in [1.165, 1.54) is 12.3 Å². The number of aromatic nitrogens is 1. The molecule has 0 bridgehead atoms. The summed E-state index contributed by atoms with van der Waals surface area (Å²) in [6.45, 7) is 5.89. The molecule has 0 radical (unpaired) electrons. The van der Waals surface area contributed by atoms with Gasteiger partial charge in [0.2, 0.25) is 0 Å². The number of H-pyrrole nitrogens is 1. The Balaban J connectivity index is 1.93. The van der Waals surface area contributed by atoms with E-state index in [-0.39, 0.29) is 22.8 Å². The number of amides is 2. The second-order valence-corrected chi connectivity index (χ2v) is 6.90. The summed E-state index contributed by atoms with van der Waals surface area (Å²) >= 11 is 0. The van der Waals surface area contributed by atoms with Gasteiger partial charge in [0.25, 0.3) is 5.56 Å². The average Bonchev–Trinajstić information content (AvgIpc) is 2.71. The van der Waals surface area contributed by atoms with Crippen LogP contribution in [0.25, 0.3) is 10.8 Å². The van der Waals surface area contributed by atoms with Gasteiger partial charge >= 0.3 is 6.03 Å². The van der Waals surface area contributed by atoms with Gasteiger partial charge in [0.05, 0.1) is 17.5 Å². The van der Waals surface area contributed by atoms with Crippen molar-refractivity contribution in [3.8, 4) is 0 Å². The summed E-state index contributed by atoms with van der Waals surface area (Å²) in [5, 5.41) is 2.89. The highest BCUT2D eigenvalue weighted by molar-refractivity contribution is 5.86. The van der Waals surface area contributed by atoms with E-state index in [2.05, 4.69) is 10.3 Å². The molecule has 0 aliphatic carbocycles. The van der Waals surface area contributed by atoms with E-state index in [4.69, 9.17) is 0 Å². The summed E-state index contributed by atoms with van der Waals surface area (Å²) in [7, 11) is 0. The first-order chi connectivity index (χ1) is 13.8.